The smallest absolute Gasteiger partial charge is 0.104 e. The van der Waals surface area contributed by atoms with Gasteiger partial charge in [-0.2, -0.15) is 5.26 Å². The van der Waals surface area contributed by atoms with Crippen molar-refractivity contribution in [1.29, 1.82) is 5.26 Å². The molecule has 1 aromatic carbocycles. The first-order chi connectivity index (χ1) is 7.33. The Bertz CT molecular complexity index is 391. The topological polar surface area (TPSA) is 62.3 Å². The highest BCUT2D eigenvalue weighted by Gasteiger charge is 2.15. The Morgan fingerprint density at radius 1 is 1.33 bits per heavy atom. The van der Waals surface area contributed by atoms with Crippen molar-refractivity contribution < 1.29 is 4.74 Å². The number of nitrogen functional groups attached to an aromatic ring is 1. The number of hydrogen-bond acceptors (Lipinski definition) is 4. The molecule has 4 nitrogen and oxygen atoms in total. The maximum absolute atomic E-state index is 9.04. The molecule has 1 saturated heterocycles. The minimum Gasteiger partial charge on any atom is -0.398 e. The van der Waals surface area contributed by atoms with Gasteiger partial charge in [-0.3, -0.25) is 0 Å². The average Bonchev–Trinajstić information content (AvgIpc) is 2.30. The van der Waals surface area contributed by atoms with Gasteiger partial charge in [-0.25, -0.2) is 0 Å². The zero-order valence-corrected chi connectivity index (χ0v) is 8.44. The number of morpholine rings is 1. The van der Waals surface area contributed by atoms with Crippen molar-refractivity contribution in [1.82, 2.24) is 0 Å². The van der Waals surface area contributed by atoms with Crippen LogP contribution < -0.4 is 10.6 Å². The molecule has 0 spiro atoms. The zero-order valence-electron chi connectivity index (χ0n) is 8.44. The second-order valence-electron chi connectivity index (χ2n) is 3.45. The Kier molecular flexibility index (Phi) is 2.75. The monoisotopic (exact) mass is 203 g/mol. The van der Waals surface area contributed by atoms with E-state index in [2.05, 4.69) is 11.0 Å². The second kappa shape index (κ2) is 4.20. The SMILES string of the molecule is N#Cc1c(N)cccc1N1CCOCC1. The summed E-state index contributed by atoms with van der Waals surface area (Å²) in [6, 6.07) is 7.71. The van der Waals surface area contributed by atoms with Crippen LogP contribution >= 0.6 is 0 Å². The lowest BCUT2D eigenvalue weighted by Gasteiger charge is -2.29. The lowest BCUT2D eigenvalue weighted by Crippen LogP contribution is -2.36. The Balaban J connectivity index is 2.34. The van der Waals surface area contributed by atoms with Gasteiger partial charge in [0.05, 0.1) is 30.2 Å². The third kappa shape index (κ3) is 1.88. The number of ether oxygens (including phenoxy) is 1. The molecule has 0 atom stereocenters. The predicted octanol–water partition coefficient (Wildman–Crippen LogP) is 0.977. The van der Waals surface area contributed by atoms with E-state index >= 15 is 0 Å². The van der Waals surface area contributed by atoms with E-state index < -0.39 is 0 Å². The highest BCUT2D eigenvalue weighted by atomic mass is 16.5. The first-order valence-electron chi connectivity index (χ1n) is 4.94. The molecular formula is C11H13N3O. The number of nitriles is 1. The van der Waals surface area contributed by atoms with Gasteiger partial charge in [0.25, 0.3) is 0 Å². The molecule has 15 heavy (non-hydrogen) atoms. The van der Waals surface area contributed by atoms with Crippen molar-refractivity contribution in [3.05, 3.63) is 23.8 Å². The fourth-order valence-corrected chi connectivity index (χ4v) is 1.75. The first kappa shape index (κ1) is 9.81. The third-order valence-electron chi connectivity index (χ3n) is 2.54. The summed E-state index contributed by atoms with van der Waals surface area (Å²) in [6.07, 6.45) is 0. The summed E-state index contributed by atoms with van der Waals surface area (Å²) in [5, 5.41) is 9.04. The van der Waals surface area contributed by atoms with Crippen LogP contribution in [0.15, 0.2) is 18.2 Å². The van der Waals surface area contributed by atoms with Crippen LogP contribution in [-0.4, -0.2) is 26.3 Å². The van der Waals surface area contributed by atoms with Gasteiger partial charge >= 0.3 is 0 Å². The molecule has 78 valence electrons. The van der Waals surface area contributed by atoms with Gasteiger partial charge in [0.1, 0.15) is 6.07 Å². The van der Waals surface area contributed by atoms with Crippen LogP contribution in [-0.2, 0) is 4.74 Å². The van der Waals surface area contributed by atoms with Gasteiger partial charge in [-0.1, -0.05) is 6.07 Å². The second-order valence-corrected chi connectivity index (χ2v) is 3.45. The molecule has 0 bridgehead atoms. The summed E-state index contributed by atoms with van der Waals surface area (Å²) in [5.41, 5.74) is 7.79. The van der Waals surface area contributed by atoms with E-state index in [-0.39, 0.29) is 0 Å². The van der Waals surface area contributed by atoms with E-state index in [1.165, 1.54) is 0 Å². The molecule has 0 saturated carbocycles. The molecule has 1 aliphatic rings. The number of rotatable bonds is 1. The molecule has 0 unspecified atom stereocenters. The van der Waals surface area contributed by atoms with Crippen LogP contribution in [0.25, 0.3) is 0 Å². The van der Waals surface area contributed by atoms with Gasteiger partial charge in [0.15, 0.2) is 0 Å². The average molecular weight is 203 g/mol. The number of benzene rings is 1. The molecule has 0 radical (unpaired) electrons. The Morgan fingerprint density at radius 3 is 2.73 bits per heavy atom. The molecule has 1 aromatic rings. The van der Waals surface area contributed by atoms with Crippen molar-refractivity contribution in [3.63, 3.8) is 0 Å². The highest BCUT2D eigenvalue weighted by molar-refractivity contribution is 5.70. The summed E-state index contributed by atoms with van der Waals surface area (Å²) < 4.78 is 5.27. The quantitative estimate of drug-likeness (QED) is 0.691. The van der Waals surface area contributed by atoms with Crippen LogP contribution in [0.1, 0.15) is 5.56 Å². The maximum Gasteiger partial charge on any atom is 0.104 e. The number of hydrogen-bond donors (Lipinski definition) is 1. The molecule has 0 amide bonds. The molecule has 1 aliphatic heterocycles. The fraction of sp³-hybridized carbons (Fsp3) is 0.364. The Morgan fingerprint density at radius 2 is 2.07 bits per heavy atom. The summed E-state index contributed by atoms with van der Waals surface area (Å²) in [4.78, 5) is 2.14. The van der Waals surface area contributed by atoms with Crippen LogP contribution in [0.4, 0.5) is 11.4 Å². The van der Waals surface area contributed by atoms with E-state index in [9.17, 15) is 0 Å². The van der Waals surface area contributed by atoms with Crippen molar-refractivity contribution in [2.45, 2.75) is 0 Å². The fourth-order valence-electron chi connectivity index (χ4n) is 1.75. The first-order valence-corrected chi connectivity index (χ1v) is 4.94. The van der Waals surface area contributed by atoms with Crippen molar-refractivity contribution in [2.75, 3.05) is 36.9 Å². The van der Waals surface area contributed by atoms with Crippen molar-refractivity contribution in [3.8, 4) is 6.07 Å². The lowest BCUT2D eigenvalue weighted by molar-refractivity contribution is 0.122. The van der Waals surface area contributed by atoms with E-state index in [0.29, 0.717) is 24.5 Å². The van der Waals surface area contributed by atoms with Gasteiger partial charge < -0.3 is 15.4 Å². The minimum absolute atomic E-state index is 0.543. The van der Waals surface area contributed by atoms with Crippen LogP contribution in [0, 0.1) is 11.3 Å². The van der Waals surface area contributed by atoms with E-state index in [0.717, 1.165) is 18.8 Å². The Hall–Kier alpha value is -1.73. The number of anilines is 2. The normalized spacial score (nSPS) is 16.1. The summed E-state index contributed by atoms with van der Waals surface area (Å²) in [7, 11) is 0. The van der Waals surface area contributed by atoms with Gasteiger partial charge in [-0.15, -0.1) is 0 Å². The standard InChI is InChI=1S/C11H13N3O/c12-8-9-10(13)2-1-3-11(9)14-4-6-15-7-5-14/h1-3H,4-7,13H2. The predicted molar refractivity (Wildman–Crippen MR) is 58.6 cm³/mol. The Labute approximate surface area is 88.9 Å². The lowest BCUT2D eigenvalue weighted by atomic mass is 10.1. The molecule has 2 N–H and O–H groups in total. The molecule has 0 aliphatic carbocycles. The number of nitrogens with two attached hydrogens (primary N) is 1. The van der Waals surface area contributed by atoms with Crippen molar-refractivity contribution in [2.24, 2.45) is 0 Å². The van der Waals surface area contributed by atoms with Gasteiger partial charge in [0, 0.05) is 13.1 Å². The van der Waals surface area contributed by atoms with Crippen LogP contribution in [0.2, 0.25) is 0 Å². The molecular weight excluding hydrogens is 190 g/mol. The highest BCUT2D eigenvalue weighted by Crippen LogP contribution is 2.25. The van der Waals surface area contributed by atoms with E-state index in [1.54, 1.807) is 6.07 Å². The van der Waals surface area contributed by atoms with E-state index in [4.69, 9.17) is 15.7 Å². The van der Waals surface area contributed by atoms with Gasteiger partial charge in [0.2, 0.25) is 0 Å². The maximum atomic E-state index is 9.04. The summed E-state index contributed by atoms with van der Waals surface area (Å²) >= 11 is 0. The summed E-state index contributed by atoms with van der Waals surface area (Å²) in [5.74, 6) is 0. The number of nitrogens with zero attached hydrogens (tertiary/aromatic N) is 2. The largest absolute Gasteiger partial charge is 0.398 e. The van der Waals surface area contributed by atoms with E-state index in [1.807, 2.05) is 12.1 Å². The van der Waals surface area contributed by atoms with Crippen molar-refractivity contribution >= 4 is 11.4 Å². The van der Waals surface area contributed by atoms with Crippen LogP contribution in [0.5, 0.6) is 0 Å². The molecule has 1 fully saturated rings. The molecule has 4 heteroatoms. The minimum atomic E-state index is 0.543. The molecule has 1 heterocycles. The zero-order chi connectivity index (χ0) is 10.7. The van der Waals surface area contributed by atoms with Gasteiger partial charge in [-0.05, 0) is 12.1 Å². The molecule has 0 aromatic heterocycles. The molecule has 2 rings (SSSR count). The summed E-state index contributed by atoms with van der Waals surface area (Å²) in [6.45, 7) is 3.05. The third-order valence-corrected chi connectivity index (χ3v) is 2.54. The van der Waals surface area contributed by atoms with Crippen LogP contribution in [0.3, 0.4) is 0 Å².